The topological polar surface area (TPSA) is 49.3 Å². The molecule has 1 aliphatic rings. The Morgan fingerprint density at radius 3 is 3.10 bits per heavy atom. The van der Waals surface area contributed by atoms with E-state index in [1.54, 1.807) is 11.8 Å². The molecule has 1 heterocycles. The number of hydrogen-bond donors (Lipinski definition) is 2. The SMILES string of the molecule is O=C(Nc1cccc(C#CCCO)c1)C1CCCCS1. The molecule has 3 nitrogen and oxygen atoms in total. The van der Waals surface area contributed by atoms with Gasteiger partial charge >= 0.3 is 0 Å². The number of nitrogens with one attached hydrogen (secondary N) is 1. The molecule has 0 radical (unpaired) electrons. The van der Waals surface area contributed by atoms with Gasteiger partial charge in [0.2, 0.25) is 5.91 Å². The van der Waals surface area contributed by atoms with Crippen LogP contribution in [0.2, 0.25) is 0 Å². The first-order valence-corrected chi connectivity index (χ1v) is 7.97. The van der Waals surface area contributed by atoms with Gasteiger partial charge in [-0.05, 0) is 36.8 Å². The van der Waals surface area contributed by atoms with Crippen LogP contribution >= 0.6 is 11.8 Å². The minimum atomic E-state index is 0.0718. The fraction of sp³-hybridized carbons (Fsp3) is 0.438. The normalized spacial score (nSPS) is 17.9. The minimum absolute atomic E-state index is 0.0718. The lowest BCUT2D eigenvalue weighted by molar-refractivity contribution is -0.115. The zero-order valence-electron chi connectivity index (χ0n) is 11.4. The van der Waals surface area contributed by atoms with Crippen LogP contribution in [0.25, 0.3) is 0 Å². The van der Waals surface area contributed by atoms with Gasteiger partial charge in [0.15, 0.2) is 0 Å². The lowest BCUT2D eigenvalue weighted by Gasteiger charge is -2.20. The first kappa shape index (κ1) is 15.0. The second-order valence-electron chi connectivity index (χ2n) is 4.70. The van der Waals surface area contributed by atoms with Gasteiger partial charge in [0.05, 0.1) is 11.9 Å². The van der Waals surface area contributed by atoms with Gasteiger partial charge in [-0.25, -0.2) is 0 Å². The lowest BCUT2D eigenvalue weighted by Crippen LogP contribution is -2.27. The highest BCUT2D eigenvalue weighted by molar-refractivity contribution is 8.00. The summed E-state index contributed by atoms with van der Waals surface area (Å²) in [6.07, 6.45) is 3.78. The van der Waals surface area contributed by atoms with E-state index in [0.717, 1.165) is 29.8 Å². The average Bonchev–Trinajstić information content (AvgIpc) is 2.49. The highest BCUT2D eigenvalue weighted by Gasteiger charge is 2.21. The highest BCUT2D eigenvalue weighted by Crippen LogP contribution is 2.26. The Morgan fingerprint density at radius 2 is 2.35 bits per heavy atom. The van der Waals surface area contributed by atoms with Crippen LogP contribution in [-0.4, -0.2) is 28.6 Å². The third-order valence-corrected chi connectivity index (χ3v) is 4.45. The average molecular weight is 289 g/mol. The zero-order valence-corrected chi connectivity index (χ0v) is 12.2. The number of benzene rings is 1. The monoisotopic (exact) mass is 289 g/mol. The van der Waals surface area contributed by atoms with Crippen LogP contribution in [0, 0.1) is 11.8 Å². The summed E-state index contributed by atoms with van der Waals surface area (Å²) >= 11 is 1.74. The van der Waals surface area contributed by atoms with Crippen molar-refractivity contribution in [3.63, 3.8) is 0 Å². The van der Waals surface area contributed by atoms with Crippen LogP contribution in [-0.2, 0) is 4.79 Å². The molecule has 0 spiro atoms. The smallest absolute Gasteiger partial charge is 0.237 e. The number of aliphatic hydroxyl groups is 1. The maximum atomic E-state index is 12.1. The molecule has 1 aromatic carbocycles. The number of amides is 1. The molecule has 2 rings (SSSR count). The van der Waals surface area contributed by atoms with Crippen molar-refractivity contribution in [2.75, 3.05) is 17.7 Å². The van der Waals surface area contributed by atoms with Gasteiger partial charge in [-0.3, -0.25) is 4.79 Å². The van der Waals surface area contributed by atoms with Crippen molar-refractivity contribution >= 4 is 23.4 Å². The Kier molecular flexibility index (Phi) is 5.97. The molecule has 4 heteroatoms. The summed E-state index contributed by atoms with van der Waals surface area (Å²) in [5.41, 5.74) is 1.64. The number of carbonyl (C=O) groups is 1. The van der Waals surface area contributed by atoms with Crippen LogP contribution in [0.3, 0.4) is 0 Å². The summed E-state index contributed by atoms with van der Waals surface area (Å²) in [5.74, 6) is 7.02. The van der Waals surface area contributed by atoms with Crippen LogP contribution < -0.4 is 5.32 Å². The summed E-state index contributed by atoms with van der Waals surface area (Å²) in [6, 6.07) is 7.53. The van der Waals surface area contributed by atoms with E-state index in [-0.39, 0.29) is 17.8 Å². The van der Waals surface area contributed by atoms with Crippen molar-refractivity contribution in [3.8, 4) is 11.8 Å². The molecular weight excluding hydrogens is 270 g/mol. The predicted molar refractivity (Wildman–Crippen MR) is 83.7 cm³/mol. The second kappa shape index (κ2) is 7.98. The standard InChI is InChI=1S/C16H19NO2S/c18-10-3-1-6-13-7-5-8-14(12-13)17-16(19)15-9-2-4-11-20-15/h5,7-8,12,15,18H,2-4,9-11H2,(H,17,19). The molecule has 1 aromatic rings. The number of rotatable bonds is 3. The molecule has 106 valence electrons. The molecular formula is C16H19NO2S. The summed E-state index contributed by atoms with van der Waals surface area (Å²) in [4.78, 5) is 12.1. The van der Waals surface area contributed by atoms with Crippen molar-refractivity contribution in [2.24, 2.45) is 0 Å². The van der Waals surface area contributed by atoms with Gasteiger partial charge in [0, 0.05) is 17.7 Å². The predicted octanol–water partition coefficient (Wildman–Crippen LogP) is 2.64. The van der Waals surface area contributed by atoms with E-state index in [0.29, 0.717) is 6.42 Å². The number of hydrogen-bond acceptors (Lipinski definition) is 3. The van der Waals surface area contributed by atoms with E-state index in [1.165, 1.54) is 6.42 Å². The van der Waals surface area contributed by atoms with Crippen molar-refractivity contribution < 1.29 is 9.90 Å². The van der Waals surface area contributed by atoms with E-state index in [2.05, 4.69) is 17.2 Å². The van der Waals surface area contributed by atoms with E-state index in [9.17, 15) is 4.79 Å². The molecule has 1 saturated heterocycles. The van der Waals surface area contributed by atoms with Crippen molar-refractivity contribution in [1.82, 2.24) is 0 Å². The van der Waals surface area contributed by atoms with Gasteiger partial charge in [-0.15, -0.1) is 11.8 Å². The van der Waals surface area contributed by atoms with E-state index in [4.69, 9.17) is 5.11 Å². The molecule has 0 saturated carbocycles. The Balaban J connectivity index is 1.97. The lowest BCUT2D eigenvalue weighted by atomic mass is 10.1. The van der Waals surface area contributed by atoms with Gasteiger partial charge in [-0.2, -0.15) is 0 Å². The van der Waals surface area contributed by atoms with Crippen molar-refractivity contribution in [3.05, 3.63) is 29.8 Å². The number of aliphatic hydroxyl groups excluding tert-OH is 1. The molecule has 0 aromatic heterocycles. The second-order valence-corrected chi connectivity index (χ2v) is 6.01. The molecule has 1 fully saturated rings. The van der Waals surface area contributed by atoms with Crippen molar-refractivity contribution in [2.45, 2.75) is 30.9 Å². The molecule has 1 atom stereocenters. The maximum Gasteiger partial charge on any atom is 0.237 e. The molecule has 0 bridgehead atoms. The van der Waals surface area contributed by atoms with Gasteiger partial charge in [0.25, 0.3) is 0 Å². The number of carbonyl (C=O) groups excluding carboxylic acids is 1. The molecule has 20 heavy (non-hydrogen) atoms. The Bertz CT molecular complexity index is 513. The molecule has 0 aliphatic carbocycles. The quantitative estimate of drug-likeness (QED) is 0.841. The van der Waals surface area contributed by atoms with Gasteiger partial charge in [0.1, 0.15) is 0 Å². The zero-order chi connectivity index (χ0) is 14.2. The number of thioether (sulfide) groups is 1. The Labute approximate surface area is 124 Å². The third-order valence-electron chi connectivity index (χ3n) is 3.07. The summed E-state index contributed by atoms with van der Waals surface area (Å²) in [6.45, 7) is 0.0718. The third kappa shape index (κ3) is 4.59. The molecule has 1 amide bonds. The van der Waals surface area contributed by atoms with E-state index in [1.807, 2.05) is 24.3 Å². The number of anilines is 1. The van der Waals surface area contributed by atoms with Crippen LogP contribution in [0.1, 0.15) is 31.2 Å². The van der Waals surface area contributed by atoms with E-state index < -0.39 is 0 Å². The first-order chi connectivity index (χ1) is 9.79. The van der Waals surface area contributed by atoms with Crippen LogP contribution in [0.15, 0.2) is 24.3 Å². The largest absolute Gasteiger partial charge is 0.395 e. The molecule has 1 unspecified atom stereocenters. The Morgan fingerprint density at radius 1 is 1.45 bits per heavy atom. The van der Waals surface area contributed by atoms with Gasteiger partial charge in [-0.1, -0.05) is 24.3 Å². The summed E-state index contributed by atoms with van der Waals surface area (Å²) < 4.78 is 0. The van der Waals surface area contributed by atoms with Gasteiger partial charge < -0.3 is 10.4 Å². The fourth-order valence-corrected chi connectivity index (χ4v) is 3.26. The Hall–Kier alpha value is -1.44. The fourth-order valence-electron chi connectivity index (χ4n) is 2.07. The summed E-state index contributed by atoms with van der Waals surface area (Å²) in [7, 11) is 0. The van der Waals surface area contributed by atoms with Crippen molar-refractivity contribution in [1.29, 1.82) is 0 Å². The highest BCUT2D eigenvalue weighted by atomic mass is 32.2. The molecule has 2 N–H and O–H groups in total. The van der Waals surface area contributed by atoms with Crippen LogP contribution in [0.4, 0.5) is 5.69 Å². The molecule has 1 aliphatic heterocycles. The van der Waals surface area contributed by atoms with Crippen LogP contribution in [0.5, 0.6) is 0 Å². The first-order valence-electron chi connectivity index (χ1n) is 6.92. The minimum Gasteiger partial charge on any atom is -0.395 e. The summed E-state index contributed by atoms with van der Waals surface area (Å²) in [5, 5.41) is 11.7. The maximum absolute atomic E-state index is 12.1. The van der Waals surface area contributed by atoms with E-state index >= 15 is 0 Å².